The van der Waals surface area contributed by atoms with Gasteiger partial charge in [0.2, 0.25) is 0 Å². The van der Waals surface area contributed by atoms with Crippen molar-refractivity contribution in [3.63, 3.8) is 0 Å². The van der Waals surface area contributed by atoms with Crippen LogP contribution in [0.2, 0.25) is 5.02 Å². The Morgan fingerprint density at radius 1 is 1.19 bits per heavy atom. The zero-order valence-corrected chi connectivity index (χ0v) is 16.6. The summed E-state index contributed by atoms with van der Waals surface area (Å²) in [5.41, 5.74) is 1.79. The van der Waals surface area contributed by atoms with Gasteiger partial charge in [-0.15, -0.1) is 0 Å². The first-order chi connectivity index (χ1) is 12.7. The molecule has 2 aromatic heterocycles. The lowest BCUT2D eigenvalue weighted by atomic mass is 10.00. The van der Waals surface area contributed by atoms with Gasteiger partial charge in [0.25, 0.3) is 0 Å². The molecular weight excluding hydrogens is 365 g/mol. The number of benzene rings is 1. The maximum absolute atomic E-state index is 14.7. The number of anilines is 1. The van der Waals surface area contributed by atoms with E-state index in [0.717, 1.165) is 17.6 Å². The minimum Gasteiger partial charge on any atom is -0.384 e. The minimum atomic E-state index is -1.05. The molecule has 2 heterocycles. The summed E-state index contributed by atoms with van der Waals surface area (Å²) in [5.74, 6) is 0.0488. The Balaban J connectivity index is 2.11. The molecule has 0 aliphatic heterocycles. The van der Waals surface area contributed by atoms with Gasteiger partial charge in [0.15, 0.2) is 0 Å². The van der Waals surface area contributed by atoms with Crippen molar-refractivity contribution in [2.75, 3.05) is 11.9 Å². The van der Waals surface area contributed by atoms with Crippen molar-refractivity contribution in [1.82, 2.24) is 9.97 Å². The highest BCUT2D eigenvalue weighted by Gasteiger charge is 2.18. The van der Waals surface area contributed by atoms with E-state index in [9.17, 15) is 9.50 Å². The van der Waals surface area contributed by atoms with E-state index in [1.807, 2.05) is 0 Å². The molecule has 0 saturated carbocycles. The van der Waals surface area contributed by atoms with E-state index in [-0.39, 0.29) is 5.82 Å². The molecule has 4 nitrogen and oxygen atoms in total. The number of nitrogens with zero attached hydrogens (tertiary/aromatic N) is 2. The molecule has 0 spiro atoms. The van der Waals surface area contributed by atoms with Gasteiger partial charge < -0.3 is 10.4 Å². The summed E-state index contributed by atoms with van der Waals surface area (Å²) in [6.07, 6.45) is 3.10. The number of halogens is 2. The first-order valence-corrected chi connectivity index (χ1v) is 9.25. The molecule has 1 aromatic carbocycles. The monoisotopic (exact) mass is 387 g/mol. The second kappa shape index (κ2) is 7.41. The molecule has 142 valence electrons. The first-order valence-electron chi connectivity index (χ1n) is 8.87. The summed E-state index contributed by atoms with van der Waals surface area (Å²) in [5, 5.41) is 14.6. The number of aromatic nitrogens is 2. The van der Waals surface area contributed by atoms with Crippen LogP contribution in [0.25, 0.3) is 22.0 Å². The summed E-state index contributed by atoms with van der Waals surface area (Å²) in [4.78, 5) is 8.52. The summed E-state index contributed by atoms with van der Waals surface area (Å²) in [6.45, 7) is 8.27. The van der Waals surface area contributed by atoms with E-state index in [2.05, 4.69) is 29.1 Å². The maximum Gasteiger partial charge on any atom is 0.133 e. The highest BCUT2D eigenvalue weighted by atomic mass is 35.5. The van der Waals surface area contributed by atoms with Crippen LogP contribution in [0.1, 0.15) is 33.4 Å². The van der Waals surface area contributed by atoms with Gasteiger partial charge in [-0.05, 0) is 31.9 Å². The van der Waals surface area contributed by atoms with Crippen LogP contribution in [0, 0.1) is 11.7 Å². The number of hydrogen-bond acceptors (Lipinski definition) is 4. The van der Waals surface area contributed by atoms with Crippen molar-refractivity contribution in [2.24, 2.45) is 5.92 Å². The average molecular weight is 388 g/mol. The van der Waals surface area contributed by atoms with E-state index in [0.29, 0.717) is 33.3 Å². The molecule has 3 aromatic rings. The van der Waals surface area contributed by atoms with Crippen molar-refractivity contribution < 1.29 is 9.50 Å². The van der Waals surface area contributed by atoms with E-state index in [1.54, 1.807) is 38.2 Å². The third kappa shape index (κ3) is 4.20. The highest BCUT2D eigenvalue weighted by molar-refractivity contribution is 6.34. The third-order valence-electron chi connectivity index (χ3n) is 4.30. The molecule has 0 radical (unpaired) electrons. The number of fused-ring (bicyclic) bond motifs is 1. The Kier molecular flexibility index (Phi) is 5.36. The number of hydrogen-bond donors (Lipinski definition) is 2. The Bertz CT molecular complexity index is 966. The second-order valence-corrected chi connectivity index (χ2v) is 8.00. The van der Waals surface area contributed by atoms with Crippen molar-refractivity contribution in [3.8, 4) is 11.1 Å². The molecule has 27 heavy (non-hydrogen) atoms. The number of nitrogens with one attached hydrogen (secondary N) is 1. The molecular formula is C21H23ClFN3O. The summed E-state index contributed by atoms with van der Waals surface area (Å²) >= 11 is 6.34. The van der Waals surface area contributed by atoms with Gasteiger partial charge in [0, 0.05) is 41.5 Å². The smallest absolute Gasteiger partial charge is 0.133 e. The second-order valence-electron chi connectivity index (χ2n) is 7.60. The molecule has 0 saturated heterocycles. The number of pyridine rings is 2. The lowest BCUT2D eigenvalue weighted by Crippen LogP contribution is -2.17. The van der Waals surface area contributed by atoms with Gasteiger partial charge in [-0.3, -0.25) is 9.97 Å². The molecule has 0 aliphatic rings. The molecule has 0 aliphatic carbocycles. The fourth-order valence-corrected chi connectivity index (χ4v) is 3.03. The summed E-state index contributed by atoms with van der Waals surface area (Å²) in [7, 11) is 0. The summed E-state index contributed by atoms with van der Waals surface area (Å²) < 4.78 is 14.7. The van der Waals surface area contributed by atoms with Crippen LogP contribution >= 0.6 is 11.6 Å². The Morgan fingerprint density at radius 2 is 1.93 bits per heavy atom. The molecule has 0 bridgehead atoms. The van der Waals surface area contributed by atoms with E-state index in [1.165, 1.54) is 12.3 Å². The molecule has 2 N–H and O–H groups in total. The van der Waals surface area contributed by atoms with Gasteiger partial charge in [-0.2, -0.15) is 0 Å². The van der Waals surface area contributed by atoms with Gasteiger partial charge >= 0.3 is 0 Å². The molecule has 0 fully saturated rings. The Labute approximate surface area is 163 Å². The quantitative estimate of drug-likeness (QED) is 0.616. The van der Waals surface area contributed by atoms with Gasteiger partial charge in [-0.1, -0.05) is 31.5 Å². The van der Waals surface area contributed by atoms with Crippen LogP contribution < -0.4 is 5.32 Å². The number of rotatable bonds is 5. The first kappa shape index (κ1) is 19.5. The minimum absolute atomic E-state index is 0.384. The largest absolute Gasteiger partial charge is 0.384 e. The van der Waals surface area contributed by atoms with Gasteiger partial charge in [-0.25, -0.2) is 4.39 Å². The zero-order chi connectivity index (χ0) is 19.8. The van der Waals surface area contributed by atoms with E-state index < -0.39 is 5.60 Å². The molecule has 0 unspecified atom stereocenters. The standard InChI is InChI=1S/C21H23ClFN3O/c1-12(2)9-26-20-15-7-14(17(23)8-18(15)24-11-16(20)22)13-5-6-19(25-10-13)21(3,4)27/h5-8,10-12,27H,9H2,1-4H3,(H,24,26). The molecule has 3 rings (SSSR count). The van der Waals surface area contributed by atoms with Gasteiger partial charge in [0.1, 0.15) is 11.4 Å². The SMILES string of the molecule is CC(C)CNc1c(Cl)cnc2cc(F)c(-c3ccc(C(C)(C)O)nc3)cc12. The molecule has 0 amide bonds. The fraction of sp³-hybridized carbons (Fsp3) is 0.333. The highest BCUT2D eigenvalue weighted by Crippen LogP contribution is 2.34. The van der Waals surface area contributed by atoms with Crippen LogP contribution in [0.15, 0.2) is 36.7 Å². The maximum atomic E-state index is 14.7. The van der Waals surface area contributed by atoms with Crippen molar-refractivity contribution in [3.05, 3.63) is 53.2 Å². The van der Waals surface area contributed by atoms with E-state index in [4.69, 9.17) is 11.6 Å². The average Bonchev–Trinajstić information content (AvgIpc) is 2.60. The topological polar surface area (TPSA) is 58.0 Å². The van der Waals surface area contributed by atoms with Crippen LogP contribution in [-0.4, -0.2) is 21.6 Å². The predicted octanol–water partition coefficient (Wildman–Crippen LogP) is 5.38. The van der Waals surface area contributed by atoms with Crippen LogP contribution in [-0.2, 0) is 5.60 Å². The summed E-state index contributed by atoms with van der Waals surface area (Å²) in [6, 6.07) is 6.61. The lowest BCUT2D eigenvalue weighted by Gasteiger charge is -2.17. The number of aliphatic hydroxyl groups is 1. The Morgan fingerprint density at radius 3 is 2.52 bits per heavy atom. The molecule has 0 atom stereocenters. The fourth-order valence-electron chi connectivity index (χ4n) is 2.81. The normalized spacial score (nSPS) is 12.0. The molecule has 6 heteroatoms. The Hall–Kier alpha value is -2.24. The van der Waals surface area contributed by atoms with Crippen molar-refractivity contribution >= 4 is 28.2 Å². The van der Waals surface area contributed by atoms with Crippen LogP contribution in [0.3, 0.4) is 0 Å². The van der Waals surface area contributed by atoms with Crippen molar-refractivity contribution in [2.45, 2.75) is 33.3 Å². The lowest BCUT2D eigenvalue weighted by molar-refractivity contribution is 0.0739. The van der Waals surface area contributed by atoms with Gasteiger partial charge in [0.05, 0.1) is 21.9 Å². The zero-order valence-electron chi connectivity index (χ0n) is 15.8. The van der Waals surface area contributed by atoms with E-state index >= 15 is 0 Å². The van der Waals surface area contributed by atoms with Crippen molar-refractivity contribution in [1.29, 1.82) is 0 Å². The van der Waals surface area contributed by atoms with Crippen LogP contribution in [0.5, 0.6) is 0 Å². The third-order valence-corrected chi connectivity index (χ3v) is 4.59. The van der Waals surface area contributed by atoms with Crippen LogP contribution in [0.4, 0.5) is 10.1 Å². The predicted molar refractivity (Wildman–Crippen MR) is 109 cm³/mol.